The summed E-state index contributed by atoms with van der Waals surface area (Å²) in [5, 5.41) is 0. The van der Waals surface area contributed by atoms with E-state index in [0.29, 0.717) is 0 Å². The number of alkyl halides is 1. The molecule has 0 bridgehead atoms. The summed E-state index contributed by atoms with van der Waals surface area (Å²) in [5.41, 5.74) is 0.800. The summed E-state index contributed by atoms with van der Waals surface area (Å²) < 4.78 is 5.01. The van der Waals surface area contributed by atoms with Crippen LogP contribution in [0.15, 0.2) is 0 Å². The molecule has 0 amide bonds. The summed E-state index contributed by atoms with van der Waals surface area (Å²) >= 11 is 6.03. The maximum Gasteiger partial charge on any atom is 0.245 e. The standard InChI is InChI=1S/C9H22ClN2Si/c1-5-11(6-2)13(9-10)12(7-3)8-4/h5-9H2,1-4H3. The summed E-state index contributed by atoms with van der Waals surface area (Å²) in [7, 11) is -0.632. The minimum atomic E-state index is -0.632. The van der Waals surface area contributed by atoms with Gasteiger partial charge in [0, 0.05) is 5.50 Å². The number of rotatable bonds is 7. The molecule has 0 aliphatic carbocycles. The van der Waals surface area contributed by atoms with Crippen molar-refractivity contribution >= 4 is 20.7 Å². The largest absolute Gasteiger partial charge is 0.311 e. The van der Waals surface area contributed by atoms with E-state index in [1.54, 1.807) is 0 Å². The number of hydrogen-bond donors (Lipinski definition) is 0. The molecular weight excluding hydrogens is 200 g/mol. The van der Waals surface area contributed by atoms with E-state index in [9.17, 15) is 0 Å². The van der Waals surface area contributed by atoms with Crippen LogP contribution < -0.4 is 0 Å². The zero-order valence-corrected chi connectivity index (χ0v) is 11.1. The van der Waals surface area contributed by atoms with Crippen LogP contribution >= 0.6 is 11.6 Å². The Balaban J connectivity index is 4.26. The predicted octanol–water partition coefficient (Wildman–Crippen LogP) is 1.94. The zero-order valence-electron chi connectivity index (χ0n) is 9.31. The molecule has 0 heterocycles. The quantitative estimate of drug-likeness (QED) is 0.479. The van der Waals surface area contributed by atoms with Crippen molar-refractivity contribution in [3.8, 4) is 0 Å². The van der Waals surface area contributed by atoms with Gasteiger partial charge in [-0.3, -0.25) is 0 Å². The molecule has 0 saturated heterocycles. The van der Waals surface area contributed by atoms with Gasteiger partial charge in [-0.1, -0.05) is 27.7 Å². The molecule has 0 aromatic carbocycles. The highest BCUT2D eigenvalue weighted by molar-refractivity contribution is 6.62. The summed E-state index contributed by atoms with van der Waals surface area (Å²) in [5.74, 6) is 0. The van der Waals surface area contributed by atoms with Crippen molar-refractivity contribution in [2.45, 2.75) is 27.7 Å². The highest BCUT2D eigenvalue weighted by Crippen LogP contribution is 2.03. The molecule has 0 unspecified atom stereocenters. The molecule has 0 atom stereocenters. The Morgan fingerprint density at radius 2 is 1.15 bits per heavy atom. The van der Waals surface area contributed by atoms with Crippen molar-refractivity contribution in [3.05, 3.63) is 0 Å². The van der Waals surface area contributed by atoms with Gasteiger partial charge in [-0.15, -0.1) is 11.6 Å². The summed E-state index contributed by atoms with van der Waals surface area (Å²) in [6.45, 7) is 13.3. The van der Waals surface area contributed by atoms with E-state index in [0.717, 1.165) is 31.7 Å². The van der Waals surface area contributed by atoms with Crippen LogP contribution in [0.1, 0.15) is 27.7 Å². The van der Waals surface area contributed by atoms with Gasteiger partial charge in [0.05, 0.1) is 0 Å². The Bertz CT molecular complexity index is 104. The molecule has 79 valence electrons. The molecule has 0 aliphatic heterocycles. The Labute approximate surface area is 89.6 Å². The Morgan fingerprint density at radius 1 is 0.846 bits per heavy atom. The first-order chi connectivity index (χ1) is 6.24. The van der Waals surface area contributed by atoms with Gasteiger partial charge in [-0.25, -0.2) is 0 Å². The molecule has 0 aromatic rings. The van der Waals surface area contributed by atoms with Crippen molar-refractivity contribution in [2.24, 2.45) is 0 Å². The topological polar surface area (TPSA) is 6.48 Å². The minimum absolute atomic E-state index is 0.632. The van der Waals surface area contributed by atoms with E-state index in [4.69, 9.17) is 11.6 Å². The first-order valence-corrected chi connectivity index (χ1v) is 7.30. The fourth-order valence-electron chi connectivity index (χ4n) is 1.55. The molecule has 0 aliphatic rings. The van der Waals surface area contributed by atoms with Crippen LogP contribution in [0.4, 0.5) is 0 Å². The number of nitrogens with zero attached hydrogens (tertiary/aromatic N) is 2. The predicted molar refractivity (Wildman–Crippen MR) is 62.3 cm³/mol. The van der Waals surface area contributed by atoms with Crippen molar-refractivity contribution in [3.63, 3.8) is 0 Å². The van der Waals surface area contributed by atoms with E-state index in [1.807, 2.05) is 0 Å². The van der Waals surface area contributed by atoms with Crippen molar-refractivity contribution in [1.29, 1.82) is 0 Å². The van der Waals surface area contributed by atoms with Crippen molar-refractivity contribution < 1.29 is 0 Å². The molecule has 4 heteroatoms. The normalized spacial score (nSPS) is 12.0. The second kappa shape index (κ2) is 7.80. The lowest BCUT2D eigenvalue weighted by Crippen LogP contribution is -2.54. The van der Waals surface area contributed by atoms with Crippen LogP contribution in [0.3, 0.4) is 0 Å². The lowest BCUT2D eigenvalue weighted by molar-refractivity contribution is 0.382. The Hall–Kier alpha value is 0.427. The monoisotopic (exact) mass is 221 g/mol. The fourth-order valence-corrected chi connectivity index (χ4v) is 4.76. The van der Waals surface area contributed by atoms with Gasteiger partial charge >= 0.3 is 0 Å². The molecule has 1 radical (unpaired) electrons. The van der Waals surface area contributed by atoms with Gasteiger partial charge in [-0.05, 0) is 26.2 Å². The van der Waals surface area contributed by atoms with Gasteiger partial charge in [-0.2, -0.15) is 0 Å². The van der Waals surface area contributed by atoms with Crippen LogP contribution in [0, 0.1) is 0 Å². The molecule has 0 aromatic heterocycles. The Kier molecular flexibility index (Phi) is 8.05. The Morgan fingerprint density at radius 3 is 1.31 bits per heavy atom. The summed E-state index contributed by atoms with van der Waals surface area (Å²) in [6.07, 6.45) is 0. The minimum Gasteiger partial charge on any atom is -0.311 e. The average Bonchev–Trinajstić information content (AvgIpc) is 2.18. The van der Waals surface area contributed by atoms with Crippen LogP contribution in [0.25, 0.3) is 0 Å². The molecular formula is C9H22ClN2Si. The molecule has 0 rings (SSSR count). The van der Waals surface area contributed by atoms with E-state index in [2.05, 4.69) is 36.8 Å². The smallest absolute Gasteiger partial charge is 0.245 e. The molecule has 0 N–H and O–H groups in total. The van der Waals surface area contributed by atoms with E-state index in [1.165, 1.54) is 0 Å². The van der Waals surface area contributed by atoms with Crippen LogP contribution in [-0.4, -0.2) is 49.9 Å². The molecule has 2 nitrogen and oxygen atoms in total. The molecule has 13 heavy (non-hydrogen) atoms. The zero-order chi connectivity index (χ0) is 10.3. The summed E-state index contributed by atoms with van der Waals surface area (Å²) in [4.78, 5) is 0. The van der Waals surface area contributed by atoms with Crippen LogP contribution in [0.2, 0.25) is 0 Å². The van der Waals surface area contributed by atoms with E-state index >= 15 is 0 Å². The highest BCUT2D eigenvalue weighted by atomic mass is 35.5. The molecule has 0 fully saturated rings. The third kappa shape index (κ3) is 3.98. The maximum atomic E-state index is 6.03. The summed E-state index contributed by atoms with van der Waals surface area (Å²) in [6, 6.07) is 0. The van der Waals surface area contributed by atoms with Gasteiger partial charge in [0.25, 0.3) is 0 Å². The lowest BCUT2D eigenvalue weighted by Gasteiger charge is -2.34. The van der Waals surface area contributed by atoms with Gasteiger partial charge in [0.1, 0.15) is 0 Å². The molecule has 0 saturated carbocycles. The van der Waals surface area contributed by atoms with Crippen molar-refractivity contribution in [1.82, 2.24) is 9.13 Å². The van der Waals surface area contributed by atoms with Gasteiger partial charge in [0.2, 0.25) is 9.12 Å². The van der Waals surface area contributed by atoms with Crippen LogP contribution in [-0.2, 0) is 0 Å². The van der Waals surface area contributed by atoms with Crippen LogP contribution in [0.5, 0.6) is 0 Å². The number of halogens is 1. The van der Waals surface area contributed by atoms with Gasteiger partial charge in [0.15, 0.2) is 0 Å². The van der Waals surface area contributed by atoms with Gasteiger partial charge < -0.3 is 9.13 Å². The second-order valence-electron chi connectivity index (χ2n) is 2.89. The third-order valence-corrected chi connectivity index (χ3v) is 6.06. The lowest BCUT2D eigenvalue weighted by atomic mass is 10.7. The molecule has 0 spiro atoms. The third-order valence-electron chi connectivity index (χ3n) is 2.38. The number of hydrogen-bond acceptors (Lipinski definition) is 2. The average molecular weight is 222 g/mol. The van der Waals surface area contributed by atoms with E-state index in [-0.39, 0.29) is 0 Å². The van der Waals surface area contributed by atoms with Crippen molar-refractivity contribution in [2.75, 3.05) is 31.7 Å². The maximum absolute atomic E-state index is 6.03. The fraction of sp³-hybridized carbons (Fsp3) is 1.00. The first kappa shape index (κ1) is 13.4. The first-order valence-electron chi connectivity index (χ1n) is 5.16. The SMILES string of the molecule is CCN(CC)[Si](CCl)N(CC)CC. The highest BCUT2D eigenvalue weighted by Gasteiger charge is 2.23. The van der Waals surface area contributed by atoms with E-state index < -0.39 is 9.12 Å². The second-order valence-corrected chi connectivity index (χ2v) is 6.06.